The van der Waals surface area contributed by atoms with E-state index in [1.165, 1.54) is 58.3 Å². The van der Waals surface area contributed by atoms with Gasteiger partial charge in [-0.15, -0.1) is 0 Å². The van der Waals surface area contributed by atoms with Crippen LogP contribution < -0.4 is 5.32 Å². The normalized spacial score (nSPS) is 21.3. The molecule has 1 atom stereocenters. The Morgan fingerprint density at radius 1 is 1.15 bits per heavy atom. The maximum Gasteiger partial charge on any atom is 0.0113 e. The Kier molecular flexibility index (Phi) is 8.08. The third-order valence-electron chi connectivity index (χ3n) is 4.72. The number of hydrogen-bond donors (Lipinski definition) is 1. The van der Waals surface area contributed by atoms with E-state index in [2.05, 4.69) is 50.0 Å². The van der Waals surface area contributed by atoms with Crippen molar-refractivity contribution in [1.29, 1.82) is 0 Å². The average Bonchev–Trinajstić information content (AvgIpc) is 2.39. The van der Waals surface area contributed by atoms with Gasteiger partial charge in [-0.1, -0.05) is 27.2 Å². The van der Waals surface area contributed by atoms with Gasteiger partial charge in [0.1, 0.15) is 0 Å². The van der Waals surface area contributed by atoms with Crippen molar-refractivity contribution in [2.24, 2.45) is 5.41 Å². The Bertz CT molecular complexity index is 247. The number of likely N-dealkylation sites (tertiary alicyclic amines) is 1. The molecule has 1 fully saturated rings. The van der Waals surface area contributed by atoms with Gasteiger partial charge in [0.05, 0.1) is 0 Å². The zero-order chi connectivity index (χ0) is 15.0. The minimum atomic E-state index is 0.439. The maximum atomic E-state index is 3.64. The summed E-state index contributed by atoms with van der Waals surface area (Å²) in [6, 6.07) is 0.793. The van der Waals surface area contributed by atoms with Gasteiger partial charge in [-0.2, -0.15) is 0 Å². The lowest BCUT2D eigenvalue weighted by Gasteiger charge is -2.40. The molecule has 0 aromatic carbocycles. The number of rotatable bonds is 9. The first-order valence-electron chi connectivity index (χ1n) is 8.60. The first kappa shape index (κ1) is 17.9. The van der Waals surface area contributed by atoms with E-state index in [0.717, 1.165) is 12.6 Å². The molecule has 1 N–H and O–H groups in total. The lowest BCUT2D eigenvalue weighted by molar-refractivity contribution is 0.0954. The summed E-state index contributed by atoms with van der Waals surface area (Å²) in [5.74, 6) is 0. The van der Waals surface area contributed by atoms with Crippen molar-refractivity contribution in [1.82, 2.24) is 15.1 Å². The number of hydrogen-bond acceptors (Lipinski definition) is 3. The summed E-state index contributed by atoms with van der Waals surface area (Å²) in [5.41, 5.74) is 0.439. The highest BCUT2D eigenvalue weighted by atomic mass is 15.2. The zero-order valence-corrected chi connectivity index (χ0v) is 14.5. The van der Waals surface area contributed by atoms with Crippen molar-refractivity contribution in [3.63, 3.8) is 0 Å². The van der Waals surface area contributed by atoms with Crippen LogP contribution in [0.5, 0.6) is 0 Å². The van der Waals surface area contributed by atoms with Crippen molar-refractivity contribution in [2.75, 3.05) is 46.8 Å². The van der Waals surface area contributed by atoms with E-state index in [1.807, 2.05) is 0 Å². The highest BCUT2D eigenvalue weighted by Gasteiger charge is 2.28. The second-order valence-electron chi connectivity index (χ2n) is 7.21. The van der Waals surface area contributed by atoms with Gasteiger partial charge in [0.25, 0.3) is 0 Å². The van der Waals surface area contributed by atoms with Gasteiger partial charge in [-0.05, 0) is 64.8 Å². The van der Waals surface area contributed by atoms with Crippen LogP contribution in [0.3, 0.4) is 0 Å². The molecule has 0 aromatic rings. The Balaban J connectivity index is 2.41. The summed E-state index contributed by atoms with van der Waals surface area (Å²) in [4.78, 5) is 5.09. The molecular weight excluding hydrogens is 246 g/mol. The van der Waals surface area contributed by atoms with E-state index in [-0.39, 0.29) is 0 Å². The van der Waals surface area contributed by atoms with Gasteiger partial charge in [-0.25, -0.2) is 0 Å². The molecule has 1 saturated heterocycles. The van der Waals surface area contributed by atoms with Crippen LogP contribution in [-0.4, -0.2) is 62.7 Å². The lowest BCUT2D eigenvalue weighted by atomic mass is 9.84. The Hall–Kier alpha value is -0.120. The van der Waals surface area contributed by atoms with Crippen LogP contribution in [0.4, 0.5) is 0 Å². The van der Waals surface area contributed by atoms with E-state index < -0.39 is 0 Å². The summed E-state index contributed by atoms with van der Waals surface area (Å²) in [7, 11) is 4.44. The van der Waals surface area contributed by atoms with Crippen LogP contribution in [-0.2, 0) is 0 Å². The van der Waals surface area contributed by atoms with Crippen molar-refractivity contribution >= 4 is 0 Å². The van der Waals surface area contributed by atoms with Crippen molar-refractivity contribution in [3.8, 4) is 0 Å². The third-order valence-corrected chi connectivity index (χ3v) is 4.72. The molecule has 1 unspecified atom stereocenters. The zero-order valence-electron chi connectivity index (χ0n) is 14.5. The minimum absolute atomic E-state index is 0.439. The largest absolute Gasteiger partial charge is 0.316 e. The predicted octanol–water partition coefficient (Wildman–Crippen LogP) is 2.82. The van der Waals surface area contributed by atoms with E-state index >= 15 is 0 Å². The van der Waals surface area contributed by atoms with Crippen molar-refractivity contribution < 1.29 is 0 Å². The summed E-state index contributed by atoms with van der Waals surface area (Å²) in [6.45, 7) is 13.2. The molecule has 0 aliphatic carbocycles. The second kappa shape index (κ2) is 9.01. The molecule has 1 heterocycles. The fourth-order valence-electron chi connectivity index (χ4n) is 3.53. The first-order valence-corrected chi connectivity index (χ1v) is 8.60. The van der Waals surface area contributed by atoms with Gasteiger partial charge in [0, 0.05) is 19.1 Å². The van der Waals surface area contributed by atoms with Gasteiger partial charge < -0.3 is 15.1 Å². The molecule has 3 heteroatoms. The number of piperidine rings is 1. The molecule has 0 aromatic heterocycles. The lowest BCUT2D eigenvalue weighted by Crippen LogP contribution is -2.48. The summed E-state index contributed by atoms with van der Waals surface area (Å²) in [6.07, 6.45) is 6.52. The van der Waals surface area contributed by atoms with Crippen molar-refractivity contribution in [3.05, 3.63) is 0 Å². The quantitative estimate of drug-likeness (QED) is 0.657. The predicted molar refractivity (Wildman–Crippen MR) is 89.3 cm³/mol. The smallest absolute Gasteiger partial charge is 0.0113 e. The molecule has 0 bridgehead atoms. The number of nitrogens with zero attached hydrogens (tertiary/aromatic N) is 2. The highest BCUT2D eigenvalue weighted by Crippen LogP contribution is 2.26. The standard InChI is InChI=1S/C17H37N3/c1-6-10-17(3,14-18-11-7-2)15-20-12-8-16(9-13-20)19(4)5/h16,18H,6-15H2,1-5H3. The Morgan fingerprint density at radius 2 is 1.80 bits per heavy atom. The fraction of sp³-hybridized carbons (Fsp3) is 1.00. The molecule has 0 radical (unpaired) electrons. The monoisotopic (exact) mass is 283 g/mol. The number of nitrogens with one attached hydrogen (secondary N) is 1. The van der Waals surface area contributed by atoms with Crippen molar-refractivity contribution in [2.45, 2.75) is 58.9 Å². The van der Waals surface area contributed by atoms with Gasteiger partial charge in [0.2, 0.25) is 0 Å². The van der Waals surface area contributed by atoms with E-state index in [4.69, 9.17) is 0 Å². The minimum Gasteiger partial charge on any atom is -0.316 e. The molecule has 1 rings (SSSR count). The van der Waals surface area contributed by atoms with Gasteiger partial charge in [-0.3, -0.25) is 0 Å². The maximum absolute atomic E-state index is 3.64. The summed E-state index contributed by atoms with van der Waals surface area (Å²) in [5, 5.41) is 3.64. The summed E-state index contributed by atoms with van der Waals surface area (Å²) < 4.78 is 0. The van der Waals surface area contributed by atoms with Crippen LogP contribution in [0.15, 0.2) is 0 Å². The molecule has 1 aliphatic rings. The Labute approximate surface area is 127 Å². The average molecular weight is 284 g/mol. The molecule has 0 saturated carbocycles. The van der Waals surface area contributed by atoms with Crippen LogP contribution >= 0.6 is 0 Å². The fourth-order valence-corrected chi connectivity index (χ4v) is 3.53. The van der Waals surface area contributed by atoms with E-state index in [0.29, 0.717) is 5.41 Å². The second-order valence-corrected chi connectivity index (χ2v) is 7.21. The molecule has 120 valence electrons. The van der Waals surface area contributed by atoms with Crippen LogP contribution in [0.25, 0.3) is 0 Å². The molecule has 20 heavy (non-hydrogen) atoms. The van der Waals surface area contributed by atoms with E-state index in [9.17, 15) is 0 Å². The van der Waals surface area contributed by atoms with Crippen LogP contribution in [0.2, 0.25) is 0 Å². The topological polar surface area (TPSA) is 18.5 Å². The van der Waals surface area contributed by atoms with E-state index in [1.54, 1.807) is 0 Å². The summed E-state index contributed by atoms with van der Waals surface area (Å²) >= 11 is 0. The Morgan fingerprint density at radius 3 is 2.30 bits per heavy atom. The SMILES string of the molecule is CCCNCC(C)(CCC)CN1CCC(N(C)C)CC1. The molecule has 0 spiro atoms. The third kappa shape index (κ3) is 6.11. The molecule has 0 amide bonds. The van der Waals surface area contributed by atoms with Crippen LogP contribution in [0.1, 0.15) is 52.9 Å². The molecule has 3 nitrogen and oxygen atoms in total. The first-order chi connectivity index (χ1) is 9.50. The highest BCUT2D eigenvalue weighted by molar-refractivity contribution is 4.84. The molecule has 1 aliphatic heterocycles. The molecular formula is C17H37N3. The van der Waals surface area contributed by atoms with Gasteiger partial charge >= 0.3 is 0 Å². The van der Waals surface area contributed by atoms with Crippen LogP contribution in [0, 0.1) is 5.41 Å². The van der Waals surface area contributed by atoms with Gasteiger partial charge in [0.15, 0.2) is 0 Å².